The Labute approximate surface area is 337 Å². The van der Waals surface area contributed by atoms with Crippen molar-refractivity contribution in [2.24, 2.45) is 0 Å². The van der Waals surface area contributed by atoms with Gasteiger partial charge >= 0.3 is 5.69 Å². The summed E-state index contributed by atoms with van der Waals surface area (Å²) in [5.41, 5.74) is 19.0. The fourth-order valence-corrected chi connectivity index (χ4v) is 4.59. The zero-order valence-corrected chi connectivity index (χ0v) is 34.6. The van der Waals surface area contributed by atoms with E-state index >= 15 is 0 Å². The van der Waals surface area contributed by atoms with E-state index in [1.807, 2.05) is 0 Å². The van der Waals surface area contributed by atoms with Crippen molar-refractivity contribution < 1.29 is 78.5 Å². The van der Waals surface area contributed by atoms with Gasteiger partial charge in [0.15, 0.2) is 5.75 Å². The fraction of sp³-hybridized carbons (Fsp3) is 0.606. The zero-order valence-electron chi connectivity index (χ0n) is 31.4. The first-order chi connectivity index (χ1) is 22.8. The summed E-state index contributed by atoms with van der Waals surface area (Å²) < 4.78 is 44.5. The molecule has 7 N–H and O–H groups in total. The fourth-order valence-electron chi connectivity index (χ4n) is 4.59. The normalized spacial score (nSPS) is 15.8. The molecule has 0 aliphatic carbocycles. The van der Waals surface area contributed by atoms with Crippen molar-refractivity contribution >= 4 is 33.1 Å². The number of hydrogen-bond donors (Lipinski definition) is 4. The third kappa shape index (κ3) is 25.2. The minimum Gasteiger partial charge on any atom is -1.00 e. The van der Waals surface area contributed by atoms with E-state index in [-0.39, 0.29) is 65.7 Å². The second-order valence-corrected chi connectivity index (χ2v) is 14.0. The van der Waals surface area contributed by atoms with E-state index in [1.54, 1.807) is 25.1 Å². The van der Waals surface area contributed by atoms with Crippen molar-refractivity contribution in [1.82, 2.24) is 9.80 Å². The minimum absolute atomic E-state index is 0. The van der Waals surface area contributed by atoms with Crippen molar-refractivity contribution in [1.29, 1.82) is 0 Å². The Kier molecular flexibility index (Phi) is 30.2. The number of nitro groups is 1. The van der Waals surface area contributed by atoms with Gasteiger partial charge in [-0.1, -0.05) is 7.43 Å². The Bertz CT molecular complexity index is 1390. The van der Waals surface area contributed by atoms with E-state index in [2.05, 4.69) is 42.2 Å². The van der Waals surface area contributed by atoms with E-state index in [4.69, 9.17) is 31.8 Å². The van der Waals surface area contributed by atoms with Crippen molar-refractivity contribution in [3.63, 3.8) is 0 Å². The van der Waals surface area contributed by atoms with Crippen LogP contribution in [0.5, 0.6) is 11.5 Å². The number of aliphatic hydroxyl groups is 1. The van der Waals surface area contributed by atoms with Gasteiger partial charge in [0, 0.05) is 95.9 Å². The van der Waals surface area contributed by atoms with Crippen LogP contribution in [0.1, 0.15) is 14.4 Å². The van der Waals surface area contributed by atoms with Crippen molar-refractivity contribution in [3.05, 3.63) is 53.9 Å². The van der Waals surface area contributed by atoms with Gasteiger partial charge in [-0.2, -0.15) is 0 Å². The molecule has 2 aromatic carbocycles. The number of ether oxygens (including phenoxy) is 2. The molecule has 314 valence electrons. The summed E-state index contributed by atoms with van der Waals surface area (Å²) in [5.74, 6) is 0.932. The molecule has 2 aliphatic heterocycles. The third-order valence-electron chi connectivity index (χ3n) is 7.84. The molecule has 2 aliphatic rings. The number of hydrogen-bond acceptors (Lipinski definition) is 14. The van der Waals surface area contributed by atoms with Gasteiger partial charge in [0.25, 0.3) is 0 Å². The molecular formula is C33H64ClN8O9PdS-. The average Bonchev–Trinajstić information content (AvgIpc) is 3.01. The molecule has 0 radical (unpaired) electrons. The summed E-state index contributed by atoms with van der Waals surface area (Å²) in [6.07, 6.45) is 0. The Morgan fingerprint density at radius 2 is 1.17 bits per heavy atom. The number of nitrogens with two attached hydrogens (primary N) is 3. The first-order valence-corrected chi connectivity index (χ1v) is 17.3. The molecule has 17 nitrogen and oxygen atoms in total. The summed E-state index contributed by atoms with van der Waals surface area (Å²) in [6, 6.07) is 9.75. The van der Waals surface area contributed by atoms with Gasteiger partial charge < -0.3 is 65.1 Å². The molecule has 20 heteroatoms. The van der Waals surface area contributed by atoms with E-state index in [0.717, 1.165) is 68.4 Å². The van der Waals surface area contributed by atoms with E-state index in [1.165, 1.54) is 31.3 Å². The van der Waals surface area contributed by atoms with E-state index in [0.29, 0.717) is 36.0 Å². The molecule has 4 rings (SSSR count). The molecule has 0 saturated carbocycles. The number of likely N-dealkylation sites (N-methyl/N-ethyl adjacent to an activating group) is 2. The molecule has 0 spiro atoms. The van der Waals surface area contributed by atoms with Crippen LogP contribution >= 0.6 is 0 Å². The predicted molar refractivity (Wildman–Crippen MR) is 203 cm³/mol. The number of piperazine rings is 2. The Morgan fingerprint density at radius 1 is 0.830 bits per heavy atom. The molecule has 53 heavy (non-hydrogen) atoms. The van der Waals surface area contributed by atoms with Crippen LogP contribution in [0.15, 0.2) is 36.4 Å². The quantitative estimate of drug-likeness (QED) is 0.0319. The maximum atomic E-state index is 10.9. The van der Waals surface area contributed by atoms with Gasteiger partial charge in [-0.05, 0) is 25.1 Å². The van der Waals surface area contributed by atoms with Crippen LogP contribution in [0.2, 0.25) is 0 Å². The number of nitrogen functional groups attached to an aromatic ring is 3. The maximum absolute atomic E-state index is 10.9. The standard InChI is InChI=1S/C14H23N4O3.C14H25N4O.C2H6O.CH4O4S.CH4.CH3.ClH.Pd/c1-18(2)8-5-16(6-9-18)7-10-21-14-11-12(15)3-4-13(14)17(19)20;1-18(2)8-5-17(6-9-18)7-10-19-14-11-12(15)3-4-13(14)16;1-2-3;1-5-6(2,3)4;;;;/h3-4,11H,5-10,15H2,1-2H3;3-4,11H,5-10,15-16H2,1-2H3;3H,2H2,1H3;1H3,(H,2,3,4);1H4;1H3;1H;/q2*+1;;;;-1;;/p-2. The summed E-state index contributed by atoms with van der Waals surface area (Å²) >= 11 is 0. The van der Waals surface area contributed by atoms with Crippen molar-refractivity contribution in [2.75, 3.05) is 138 Å². The van der Waals surface area contributed by atoms with Crippen molar-refractivity contribution in [2.45, 2.75) is 14.4 Å². The molecule has 2 fully saturated rings. The second kappa shape index (κ2) is 28.0. The van der Waals surface area contributed by atoms with Gasteiger partial charge in [0.05, 0.1) is 72.1 Å². The van der Waals surface area contributed by atoms with Crippen LogP contribution in [0, 0.1) is 17.5 Å². The van der Waals surface area contributed by atoms with Gasteiger partial charge in [0.1, 0.15) is 19.0 Å². The monoisotopic (exact) mass is 889 g/mol. The first-order valence-electron chi connectivity index (χ1n) is 16.0. The topological polar surface area (TPSA) is 233 Å². The molecule has 2 aromatic rings. The maximum Gasteiger partial charge on any atom is 0.311 e. The molecule has 0 bridgehead atoms. The van der Waals surface area contributed by atoms with Crippen LogP contribution in [-0.2, 0) is 35.0 Å². The van der Waals surface area contributed by atoms with Gasteiger partial charge in [-0.25, -0.2) is 8.42 Å². The van der Waals surface area contributed by atoms with Crippen molar-refractivity contribution in [3.8, 4) is 11.5 Å². The summed E-state index contributed by atoms with van der Waals surface area (Å²) in [6.45, 7) is 13.6. The second-order valence-electron chi connectivity index (χ2n) is 12.8. The number of nitrogens with zero attached hydrogens (tertiary/aromatic N) is 5. The van der Waals surface area contributed by atoms with E-state index < -0.39 is 15.3 Å². The molecule has 0 unspecified atom stereocenters. The Morgan fingerprint density at radius 3 is 1.53 bits per heavy atom. The van der Waals surface area contributed by atoms with Gasteiger partial charge in [0.2, 0.25) is 10.4 Å². The number of halogens is 1. The summed E-state index contributed by atoms with van der Waals surface area (Å²) in [4.78, 5) is 15.3. The molecular weight excluding hydrogens is 826 g/mol. The number of nitro benzene ring substituents is 1. The largest absolute Gasteiger partial charge is 1.00 e. The first kappa shape index (κ1) is 57.2. The van der Waals surface area contributed by atoms with Gasteiger partial charge in [-0.15, -0.1) is 0 Å². The Balaban J connectivity index is -0.000000348. The number of benzene rings is 2. The van der Waals surface area contributed by atoms with Crippen LogP contribution in [-0.4, -0.2) is 162 Å². The molecule has 2 saturated heterocycles. The number of anilines is 3. The SMILES string of the molecule is C.CCO.COS(=O)(=O)[O-].C[N+]1(C)CCN(CCOc2cc(N)ccc2N)CC1.C[N+]1(C)CCN(CCOc2cc(N)ccc2[N+](=O)[O-])CC1.[CH3-].[Cl-].[Pd]. The molecule has 0 atom stereocenters. The predicted octanol–water partition coefficient (Wildman–Crippen LogP) is -1.25. The summed E-state index contributed by atoms with van der Waals surface area (Å²) in [7, 11) is 5.41. The van der Waals surface area contributed by atoms with Crippen LogP contribution < -0.4 is 39.1 Å². The zero-order chi connectivity index (χ0) is 37.3. The van der Waals surface area contributed by atoms with E-state index in [9.17, 15) is 23.1 Å². The number of quaternary nitrogens is 2. The third-order valence-corrected chi connectivity index (χ3v) is 8.25. The van der Waals surface area contributed by atoms with Crippen LogP contribution in [0.25, 0.3) is 0 Å². The Hall–Kier alpha value is -2.54. The van der Waals surface area contributed by atoms with Gasteiger partial charge in [-0.3, -0.25) is 24.1 Å². The number of aliphatic hydroxyl groups excluding tert-OH is 1. The molecule has 0 aromatic heterocycles. The van der Waals surface area contributed by atoms with Crippen LogP contribution in [0.3, 0.4) is 0 Å². The smallest absolute Gasteiger partial charge is 0.311 e. The average molecular weight is 891 g/mol. The number of rotatable bonds is 10. The molecule has 2 heterocycles. The summed E-state index contributed by atoms with van der Waals surface area (Å²) in [5, 5.41) is 18.5. The minimum atomic E-state index is -4.41. The molecule has 0 amide bonds. The van der Waals surface area contributed by atoms with Crippen LogP contribution in [0.4, 0.5) is 22.7 Å².